The Balaban J connectivity index is 1.79. The van der Waals surface area contributed by atoms with Crippen molar-refractivity contribution in [1.29, 1.82) is 5.26 Å². The lowest BCUT2D eigenvalue weighted by Crippen LogP contribution is -2.15. The Kier molecular flexibility index (Phi) is 3.13. The molecule has 0 aliphatic heterocycles. The second-order valence-corrected chi connectivity index (χ2v) is 3.77. The van der Waals surface area contributed by atoms with Crippen molar-refractivity contribution < 1.29 is 4.74 Å². The standard InChI is InChI=1S/C11H13N3O/c12-8-10-4-6-13-11(14-10)15-7-5-9-2-1-3-9/h4,6,9H,1-3,5,7H2. The highest BCUT2D eigenvalue weighted by Gasteiger charge is 2.17. The van der Waals surface area contributed by atoms with Crippen molar-refractivity contribution in [2.45, 2.75) is 25.7 Å². The fourth-order valence-corrected chi connectivity index (χ4v) is 1.57. The molecule has 0 amide bonds. The van der Waals surface area contributed by atoms with Crippen LogP contribution in [0, 0.1) is 17.2 Å². The molecule has 15 heavy (non-hydrogen) atoms. The Morgan fingerprint density at radius 3 is 3.07 bits per heavy atom. The monoisotopic (exact) mass is 203 g/mol. The van der Waals surface area contributed by atoms with Gasteiger partial charge in [-0.3, -0.25) is 0 Å². The van der Waals surface area contributed by atoms with Gasteiger partial charge in [-0.2, -0.15) is 10.2 Å². The smallest absolute Gasteiger partial charge is 0.317 e. The summed E-state index contributed by atoms with van der Waals surface area (Å²) in [7, 11) is 0. The second-order valence-electron chi connectivity index (χ2n) is 3.77. The van der Waals surface area contributed by atoms with Gasteiger partial charge in [-0.1, -0.05) is 19.3 Å². The second kappa shape index (κ2) is 4.74. The van der Waals surface area contributed by atoms with Gasteiger partial charge >= 0.3 is 6.01 Å². The Morgan fingerprint density at radius 1 is 1.53 bits per heavy atom. The van der Waals surface area contributed by atoms with Crippen molar-refractivity contribution in [2.24, 2.45) is 5.92 Å². The first-order valence-electron chi connectivity index (χ1n) is 5.24. The fraction of sp³-hybridized carbons (Fsp3) is 0.545. The number of ether oxygens (including phenoxy) is 1. The molecule has 78 valence electrons. The number of aromatic nitrogens is 2. The molecule has 1 aromatic rings. The number of hydrogen-bond acceptors (Lipinski definition) is 4. The van der Waals surface area contributed by atoms with Gasteiger partial charge < -0.3 is 4.74 Å². The predicted octanol–water partition coefficient (Wildman–Crippen LogP) is 1.92. The number of rotatable bonds is 4. The quantitative estimate of drug-likeness (QED) is 0.750. The summed E-state index contributed by atoms with van der Waals surface area (Å²) in [5.41, 5.74) is 0.351. The summed E-state index contributed by atoms with van der Waals surface area (Å²) >= 11 is 0. The lowest BCUT2D eigenvalue weighted by Gasteiger charge is -2.24. The summed E-state index contributed by atoms with van der Waals surface area (Å²) in [6.07, 6.45) is 6.61. The molecule has 1 aliphatic carbocycles. The minimum absolute atomic E-state index is 0.313. The van der Waals surface area contributed by atoms with Crippen LogP contribution in [0.4, 0.5) is 0 Å². The van der Waals surface area contributed by atoms with Gasteiger partial charge in [0, 0.05) is 6.20 Å². The zero-order valence-corrected chi connectivity index (χ0v) is 8.52. The van der Waals surface area contributed by atoms with Crippen molar-refractivity contribution in [3.05, 3.63) is 18.0 Å². The zero-order chi connectivity index (χ0) is 10.5. The topological polar surface area (TPSA) is 58.8 Å². The van der Waals surface area contributed by atoms with Crippen LogP contribution in [0.5, 0.6) is 6.01 Å². The Bertz CT molecular complexity index is 368. The van der Waals surface area contributed by atoms with E-state index in [2.05, 4.69) is 9.97 Å². The van der Waals surface area contributed by atoms with Crippen LogP contribution in [0.2, 0.25) is 0 Å². The maximum absolute atomic E-state index is 8.63. The third-order valence-electron chi connectivity index (χ3n) is 2.73. The van der Waals surface area contributed by atoms with Crippen LogP contribution in [0.15, 0.2) is 12.3 Å². The van der Waals surface area contributed by atoms with Crippen LogP contribution in [0.1, 0.15) is 31.4 Å². The van der Waals surface area contributed by atoms with E-state index in [0.29, 0.717) is 18.3 Å². The van der Waals surface area contributed by atoms with E-state index in [1.165, 1.54) is 19.3 Å². The van der Waals surface area contributed by atoms with Crippen molar-refractivity contribution in [2.75, 3.05) is 6.61 Å². The first-order valence-corrected chi connectivity index (χ1v) is 5.24. The predicted molar refractivity (Wildman–Crippen MR) is 54.2 cm³/mol. The molecule has 0 aromatic carbocycles. The van der Waals surface area contributed by atoms with Gasteiger partial charge in [0.2, 0.25) is 0 Å². The first kappa shape index (κ1) is 9.91. The molecular weight excluding hydrogens is 190 g/mol. The van der Waals surface area contributed by atoms with Crippen LogP contribution < -0.4 is 4.74 Å². The van der Waals surface area contributed by atoms with E-state index in [1.807, 2.05) is 6.07 Å². The number of hydrogen-bond donors (Lipinski definition) is 0. The van der Waals surface area contributed by atoms with E-state index < -0.39 is 0 Å². The molecule has 1 aliphatic rings. The molecule has 1 saturated carbocycles. The molecule has 1 fully saturated rings. The molecule has 0 spiro atoms. The van der Waals surface area contributed by atoms with Crippen molar-refractivity contribution >= 4 is 0 Å². The lowest BCUT2D eigenvalue weighted by atomic mass is 9.83. The Labute approximate surface area is 88.9 Å². The highest BCUT2D eigenvalue weighted by molar-refractivity contribution is 5.19. The van der Waals surface area contributed by atoms with E-state index in [4.69, 9.17) is 10.00 Å². The highest BCUT2D eigenvalue weighted by atomic mass is 16.5. The van der Waals surface area contributed by atoms with Crippen molar-refractivity contribution in [3.63, 3.8) is 0 Å². The van der Waals surface area contributed by atoms with Crippen molar-refractivity contribution in [3.8, 4) is 12.1 Å². The number of nitrogens with zero attached hydrogens (tertiary/aromatic N) is 3. The maximum Gasteiger partial charge on any atom is 0.317 e. The summed E-state index contributed by atoms with van der Waals surface area (Å²) in [5.74, 6) is 0.823. The zero-order valence-electron chi connectivity index (χ0n) is 8.52. The van der Waals surface area contributed by atoms with Gasteiger partial charge in [0.1, 0.15) is 11.8 Å². The number of nitriles is 1. The van der Waals surface area contributed by atoms with Gasteiger partial charge in [-0.15, -0.1) is 0 Å². The third kappa shape index (κ3) is 2.66. The van der Waals surface area contributed by atoms with Crippen LogP contribution in [0.3, 0.4) is 0 Å². The molecule has 0 saturated heterocycles. The van der Waals surface area contributed by atoms with E-state index in [1.54, 1.807) is 12.3 Å². The summed E-state index contributed by atoms with van der Waals surface area (Å²) in [6, 6.07) is 3.84. The Hall–Kier alpha value is -1.63. The molecule has 2 rings (SSSR count). The molecule has 4 nitrogen and oxygen atoms in total. The molecule has 1 heterocycles. The molecule has 0 bridgehead atoms. The Morgan fingerprint density at radius 2 is 2.40 bits per heavy atom. The minimum Gasteiger partial charge on any atom is -0.463 e. The summed E-state index contributed by atoms with van der Waals surface area (Å²) < 4.78 is 5.38. The van der Waals surface area contributed by atoms with E-state index >= 15 is 0 Å². The third-order valence-corrected chi connectivity index (χ3v) is 2.73. The van der Waals surface area contributed by atoms with E-state index in [9.17, 15) is 0 Å². The van der Waals surface area contributed by atoms with Crippen molar-refractivity contribution in [1.82, 2.24) is 9.97 Å². The lowest BCUT2D eigenvalue weighted by molar-refractivity contribution is 0.212. The molecule has 4 heteroatoms. The summed E-state index contributed by atoms with van der Waals surface area (Å²) in [4.78, 5) is 7.88. The van der Waals surface area contributed by atoms with Gasteiger partial charge in [-0.05, 0) is 18.4 Å². The SMILES string of the molecule is N#Cc1ccnc(OCCC2CCC2)n1. The fourth-order valence-electron chi connectivity index (χ4n) is 1.57. The van der Waals surface area contributed by atoms with Gasteiger partial charge in [0.25, 0.3) is 0 Å². The van der Waals surface area contributed by atoms with Crippen LogP contribution in [-0.4, -0.2) is 16.6 Å². The van der Waals surface area contributed by atoms with Crippen LogP contribution in [0.25, 0.3) is 0 Å². The molecule has 0 atom stereocenters. The average molecular weight is 203 g/mol. The minimum atomic E-state index is 0.313. The first-order chi connectivity index (χ1) is 7.38. The largest absolute Gasteiger partial charge is 0.463 e. The summed E-state index contributed by atoms with van der Waals surface area (Å²) in [5, 5.41) is 8.63. The van der Waals surface area contributed by atoms with E-state index in [-0.39, 0.29) is 0 Å². The van der Waals surface area contributed by atoms with Gasteiger partial charge in [0.15, 0.2) is 0 Å². The normalized spacial score (nSPS) is 15.4. The maximum atomic E-state index is 8.63. The van der Waals surface area contributed by atoms with Crippen LogP contribution >= 0.6 is 0 Å². The molecular formula is C11H13N3O. The molecule has 0 N–H and O–H groups in total. The molecule has 0 radical (unpaired) electrons. The van der Waals surface area contributed by atoms with Gasteiger partial charge in [-0.25, -0.2) is 4.98 Å². The van der Waals surface area contributed by atoms with Crippen LogP contribution in [-0.2, 0) is 0 Å². The summed E-state index contributed by atoms with van der Waals surface area (Å²) in [6.45, 7) is 0.652. The molecule has 1 aromatic heterocycles. The highest BCUT2D eigenvalue weighted by Crippen LogP contribution is 2.29. The van der Waals surface area contributed by atoms with E-state index in [0.717, 1.165) is 12.3 Å². The average Bonchev–Trinajstić information content (AvgIpc) is 2.22. The molecule has 0 unspecified atom stereocenters. The van der Waals surface area contributed by atoms with Gasteiger partial charge in [0.05, 0.1) is 6.61 Å².